The number of phenols is 2. The maximum atomic E-state index is 12.4. The van der Waals surface area contributed by atoms with E-state index in [4.69, 9.17) is 4.74 Å². The SMILES string of the molecule is C=C(C)C(=O)Cc1c(OC)ccc(C(=O)C=Cc2ccc(O)cc2)c1O. The number of allylic oxidation sites excluding steroid dienone is 2. The number of phenolic OH excluding ortho intramolecular Hbond substituents is 2. The first-order valence-electron chi connectivity index (χ1n) is 7.92. The van der Waals surface area contributed by atoms with Crippen LogP contribution in [0.5, 0.6) is 17.2 Å². The minimum Gasteiger partial charge on any atom is -0.508 e. The smallest absolute Gasteiger partial charge is 0.189 e. The highest BCUT2D eigenvalue weighted by Gasteiger charge is 2.19. The molecular formula is C21H20O5. The molecule has 0 aromatic heterocycles. The number of ketones is 2. The quantitative estimate of drug-likeness (QED) is 0.586. The van der Waals surface area contributed by atoms with Crippen molar-refractivity contribution in [2.75, 3.05) is 7.11 Å². The van der Waals surface area contributed by atoms with Crippen molar-refractivity contribution < 1.29 is 24.5 Å². The second kappa shape index (κ2) is 8.16. The molecule has 0 aliphatic carbocycles. The van der Waals surface area contributed by atoms with E-state index in [2.05, 4.69) is 6.58 Å². The zero-order valence-corrected chi connectivity index (χ0v) is 14.7. The summed E-state index contributed by atoms with van der Waals surface area (Å²) in [4.78, 5) is 24.4. The maximum absolute atomic E-state index is 12.4. The number of carbonyl (C=O) groups is 2. The molecule has 2 aromatic rings. The summed E-state index contributed by atoms with van der Waals surface area (Å²) >= 11 is 0. The van der Waals surface area contributed by atoms with Gasteiger partial charge in [0.05, 0.1) is 12.7 Å². The third kappa shape index (κ3) is 4.39. The first kappa shape index (κ1) is 19.0. The van der Waals surface area contributed by atoms with Gasteiger partial charge in [0.1, 0.15) is 17.2 Å². The first-order valence-corrected chi connectivity index (χ1v) is 7.92. The van der Waals surface area contributed by atoms with Gasteiger partial charge in [-0.3, -0.25) is 9.59 Å². The van der Waals surface area contributed by atoms with Gasteiger partial charge >= 0.3 is 0 Å². The molecule has 134 valence electrons. The first-order chi connectivity index (χ1) is 12.3. The fraction of sp³-hybridized carbons (Fsp3) is 0.143. The van der Waals surface area contributed by atoms with Crippen LogP contribution in [0, 0.1) is 0 Å². The van der Waals surface area contributed by atoms with Crippen LogP contribution in [-0.4, -0.2) is 28.9 Å². The number of hydrogen-bond acceptors (Lipinski definition) is 5. The van der Waals surface area contributed by atoms with Crippen LogP contribution >= 0.6 is 0 Å². The van der Waals surface area contributed by atoms with Crippen molar-refractivity contribution in [3.8, 4) is 17.2 Å². The molecule has 26 heavy (non-hydrogen) atoms. The number of hydrogen-bond donors (Lipinski definition) is 2. The molecule has 0 bridgehead atoms. The number of carbonyl (C=O) groups excluding carboxylic acids is 2. The molecule has 2 rings (SSSR count). The summed E-state index contributed by atoms with van der Waals surface area (Å²) in [6.45, 7) is 5.18. The van der Waals surface area contributed by atoms with Crippen molar-refractivity contribution >= 4 is 17.6 Å². The Kier molecular flexibility index (Phi) is 5.96. The minimum absolute atomic E-state index is 0.0744. The normalized spacial score (nSPS) is 10.7. The second-order valence-corrected chi connectivity index (χ2v) is 5.81. The number of aromatic hydroxyl groups is 2. The van der Waals surface area contributed by atoms with E-state index in [1.54, 1.807) is 31.2 Å². The number of methoxy groups -OCH3 is 1. The summed E-state index contributed by atoms with van der Waals surface area (Å²) in [6.07, 6.45) is 2.79. The summed E-state index contributed by atoms with van der Waals surface area (Å²) in [6, 6.07) is 9.33. The van der Waals surface area contributed by atoms with Crippen LogP contribution in [0.3, 0.4) is 0 Å². The van der Waals surface area contributed by atoms with Crippen LogP contribution < -0.4 is 4.74 Å². The summed E-state index contributed by atoms with van der Waals surface area (Å²) < 4.78 is 5.19. The number of benzene rings is 2. The lowest BCUT2D eigenvalue weighted by molar-refractivity contribution is -0.114. The van der Waals surface area contributed by atoms with Gasteiger partial charge in [-0.2, -0.15) is 0 Å². The van der Waals surface area contributed by atoms with Crippen molar-refractivity contribution in [2.45, 2.75) is 13.3 Å². The second-order valence-electron chi connectivity index (χ2n) is 5.81. The van der Waals surface area contributed by atoms with Crippen LogP contribution in [0.2, 0.25) is 0 Å². The number of rotatable bonds is 7. The van der Waals surface area contributed by atoms with Gasteiger partial charge in [-0.15, -0.1) is 0 Å². The van der Waals surface area contributed by atoms with E-state index in [0.717, 1.165) is 5.56 Å². The topological polar surface area (TPSA) is 83.8 Å². The van der Waals surface area contributed by atoms with Crippen molar-refractivity contribution in [1.82, 2.24) is 0 Å². The summed E-state index contributed by atoms with van der Waals surface area (Å²) in [5.74, 6) is -0.478. The zero-order chi connectivity index (χ0) is 19.3. The predicted molar refractivity (Wildman–Crippen MR) is 99.7 cm³/mol. The maximum Gasteiger partial charge on any atom is 0.189 e. The number of Topliss-reactive ketones (excluding diaryl/α,β-unsaturated/α-hetero) is 1. The lowest BCUT2D eigenvalue weighted by atomic mass is 9.98. The average molecular weight is 352 g/mol. The highest BCUT2D eigenvalue weighted by atomic mass is 16.5. The molecular weight excluding hydrogens is 332 g/mol. The van der Waals surface area contributed by atoms with Crippen molar-refractivity contribution in [3.05, 3.63) is 71.3 Å². The standard InChI is InChI=1S/C21H20O5/c1-13(2)19(24)12-17-20(26-3)11-9-16(21(17)25)18(23)10-6-14-4-7-15(22)8-5-14/h4-11,22,25H,1,12H2,2-3H3. The van der Waals surface area contributed by atoms with Gasteiger partial charge in [0, 0.05) is 12.0 Å². The molecule has 0 radical (unpaired) electrons. The third-order valence-electron chi connectivity index (χ3n) is 3.86. The van der Waals surface area contributed by atoms with Crippen molar-refractivity contribution in [3.63, 3.8) is 0 Å². The van der Waals surface area contributed by atoms with Crippen LogP contribution in [-0.2, 0) is 11.2 Å². The molecule has 0 aliphatic heterocycles. The van der Waals surface area contributed by atoms with Crippen LogP contribution in [0.4, 0.5) is 0 Å². The molecule has 0 fully saturated rings. The van der Waals surface area contributed by atoms with Gasteiger partial charge in [-0.25, -0.2) is 0 Å². The largest absolute Gasteiger partial charge is 0.508 e. The Hall–Kier alpha value is -3.34. The molecule has 0 atom stereocenters. The molecule has 2 aromatic carbocycles. The highest BCUT2D eigenvalue weighted by molar-refractivity contribution is 6.09. The van der Waals surface area contributed by atoms with Gasteiger partial charge in [-0.05, 0) is 48.4 Å². The monoisotopic (exact) mass is 352 g/mol. The Balaban J connectivity index is 2.33. The van der Waals surface area contributed by atoms with Crippen molar-refractivity contribution in [2.24, 2.45) is 0 Å². The molecule has 0 saturated heterocycles. The Morgan fingerprint density at radius 1 is 1.12 bits per heavy atom. The summed E-state index contributed by atoms with van der Waals surface area (Å²) in [5.41, 5.74) is 1.41. The molecule has 0 unspecified atom stereocenters. The zero-order valence-electron chi connectivity index (χ0n) is 14.7. The van der Waals surface area contributed by atoms with Gasteiger partial charge in [0.25, 0.3) is 0 Å². The fourth-order valence-electron chi connectivity index (χ4n) is 2.34. The minimum atomic E-state index is -0.415. The molecule has 0 aliphatic rings. The van der Waals surface area contributed by atoms with Crippen molar-refractivity contribution in [1.29, 1.82) is 0 Å². The molecule has 0 amide bonds. The predicted octanol–water partition coefficient (Wildman–Crippen LogP) is 3.69. The summed E-state index contributed by atoms with van der Waals surface area (Å²) in [7, 11) is 1.43. The Bertz CT molecular complexity index is 876. The van der Waals surface area contributed by atoms with Gasteiger partial charge in [0.15, 0.2) is 11.6 Å². The van der Waals surface area contributed by atoms with Crippen LogP contribution in [0.1, 0.15) is 28.4 Å². The van der Waals surface area contributed by atoms with E-state index >= 15 is 0 Å². The number of ether oxygens (including phenoxy) is 1. The summed E-state index contributed by atoms with van der Waals surface area (Å²) in [5, 5.41) is 19.8. The lowest BCUT2D eigenvalue weighted by Gasteiger charge is -2.12. The van der Waals surface area contributed by atoms with E-state index in [1.165, 1.54) is 31.4 Å². The average Bonchev–Trinajstić information content (AvgIpc) is 2.62. The van der Waals surface area contributed by atoms with E-state index in [0.29, 0.717) is 11.3 Å². The Morgan fingerprint density at radius 3 is 2.35 bits per heavy atom. The molecule has 0 spiro atoms. The molecule has 5 nitrogen and oxygen atoms in total. The molecule has 5 heteroatoms. The van der Waals surface area contributed by atoms with Crippen LogP contribution in [0.15, 0.2) is 54.6 Å². The van der Waals surface area contributed by atoms with E-state index < -0.39 is 5.78 Å². The lowest BCUT2D eigenvalue weighted by Crippen LogP contribution is -2.07. The highest BCUT2D eigenvalue weighted by Crippen LogP contribution is 2.33. The van der Waals surface area contributed by atoms with E-state index in [9.17, 15) is 19.8 Å². The van der Waals surface area contributed by atoms with Gasteiger partial charge in [0.2, 0.25) is 0 Å². The molecule has 2 N–H and O–H groups in total. The van der Waals surface area contributed by atoms with Crippen LogP contribution in [0.25, 0.3) is 6.08 Å². The Labute approximate surface area is 151 Å². The fourth-order valence-corrected chi connectivity index (χ4v) is 2.34. The molecule has 0 saturated carbocycles. The van der Waals surface area contributed by atoms with Gasteiger partial charge < -0.3 is 14.9 Å². The third-order valence-corrected chi connectivity index (χ3v) is 3.86. The van der Waals surface area contributed by atoms with Gasteiger partial charge in [-0.1, -0.05) is 24.8 Å². The molecule has 0 heterocycles. The Morgan fingerprint density at radius 2 is 1.77 bits per heavy atom. The van der Waals surface area contributed by atoms with E-state index in [-0.39, 0.29) is 34.8 Å². The van der Waals surface area contributed by atoms with E-state index in [1.807, 2.05) is 0 Å².